The Kier molecular flexibility index (Phi) is 4.10. The van der Waals surface area contributed by atoms with Crippen molar-refractivity contribution in [2.24, 2.45) is 0 Å². The fraction of sp³-hybridized carbons (Fsp3) is 0. The number of sulfonamides is 1. The maximum absolute atomic E-state index is 13.1. The fourth-order valence-electron chi connectivity index (χ4n) is 1.50. The van der Waals surface area contributed by atoms with Crippen LogP contribution >= 0.6 is 11.6 Å². The summed E-state index contributed by atoms with van der Waals surface area (Å²) in [4.78, 5) is 14.0. The van der Waals surface area contributed by atoms with Gasteiger partial charge in [0, 0.05) is 6.20 Å². The van der Waals surface area contributed by atoms with Crippen LogP contribution in [0.1, 0.15) is 10.4 Å². The van der Waals surface area contributed by atoms with Crippen LogP contribution < -0.4 is 4.72 Å². The zero-order valence-corrected chi connectivity index (χ0v) is 11.8. The van der Waals surface area contributed by atoms with E-state index in [9.17, 15) is 17.6 Å². The van der Waals surface area contributed by atoms with Gasteiger partial charge in [0.25, 0.3) is 10.0 Å². The summed E-state index contributed by atoms with van der Waals surface area (Å²) < 4.78 is 39.4. The number of anilines is 1. The molecule has 0 aliphatic rings. The number of carboxylic acid groups (broad SMARTS) is 1. The van der Waals surface area contributed by atoms with E-state index >= 15 is 0 Å². The van der Waals surface area contributed by atoms with Gasteiger partial charge in [0.05, 0.1) is 10.6 Å². The lowest BCUT2D eigenvalue weighted by Crippen LogP contribution is -2.15. The van der Waals surface area contributed by atoms with Crippen LogP contribution in [0.2, 0.25) is 5.02 Å². The van der Waals surface area contributed by atoms with Crippen molar-refractivity contribution in [2.45, 2.75) is 4.90 Å². The van der Waals surface area contributed by atoms with Gasteiger partial charge in [-0.3, -0.25) is 4.72 Å². The minimum absolute atomic E-state index is 0.145. The van der Waals surface area contributed by atoms with Crippen LogP contribution in [0.15, 0.2) is 41.4 Å². The molecule has 6 nitrogen and oxygen atoms in total. The highest BCUT2D eigenvalue weighted by Gasteiger charge is 2.20. The standard InChI is InChI=1S/C12H8ClFN2O4S/c13-9-2-1-8(14)6-10(9)21(19,20)16-11-5-7(12(17)18)3-4-15-11/h1-6H,(H,15,16)(H,17,18). The van der Waals surface area contributed by atoms with Crippen molar-refractivity contribution in [3.63, 3.8) is 0 Å². The topological polar surface area (TPSA) is 96.4 Å². The zero-order chi connectivity index (χ0) is 15.6. The molecule has 1 aromatic heterocycles. The lowest BCUT2D eigenvalue weighted by molar-refractivity contribution is 0.0697. The molecule has 21 heavy (non-hydrogen) atoms. The molecule has 0 saturated carbocycles. The number of nitrogens with zero attached hydrogens (tertiary/aromatic N) is 1. The Morgan fingerprint density at radius 3 is 2.67 bits per heavy atom. The smallest absolute Gasteiger partial charge is 0.335 e. The lowest BCUT2D eigenvalue weighted by atomic mass is 10.3. The quantitative estimate of drug-likeness (QED) is 0.897. The molecule has 0 spiro atoms. The van der Waals surface area contributed by atoms with Gasteiger partial charge in [0.2, 0.25) is 0 Å². The fourth-order valence-corrected chi connectivity index (χ4v) is 3.01. The van der Waals surface area contributed by atoms with Crippen molar-refractivity contribution in [3.05, 3.63) is 52.9 Å². The summed E-state index contributed by atoms with van der Waals surface area (Å²) in [7, 11) is -4.19. The van der Waals surface area contributed by atoms with E-state index in [2.05, 4.69) is 4.98 Å². The van der Waals surface area contributed by atoms with Crippen molar-refractivity contribution in [2.75, 3.05) is 4.72 Å². The molecule has 0 bridgehead atoms. The van der Waals surface area contributed by atoms with Gasteiger partial charge in [-0.2, -0.15) is 0 Å². The first-order valence-electron chi connectivity index (χ1n) is 5.47. The number of aromatic nitrogens is 1. The van der Waals surface area contributed by atoms with Crippen molar-refractivity contribution in [1.82, 2.24) is 4.98 Å². The van der Waals surface area contributed by atoms with Gasteiger partial charge in [-0.05, 0) is 30.3 Å². The van der Waals surface area contributed by atoms with Crippen LogP contribution in [0.5, 0.6) is 0 Å². The zero-order valence-electron chi connectivity index (χ0n) is 10.2. The highest BCUT2D eigenvalue weighted by molar-refractivity contribution is 7.92. The number of hydrogen-bond donors (Lipinski definition) is 2. The number of carbonyl (C=O) groups is 1. The normalized spacial score (nSPS) is 11.1. The third-order valence-electron chi connectivity index (χ3n) is 2.43. The van der Waals surface area contributed by atoms with E-state index in [-0.39, 0.29) is 16.4 Å². The second-order valence-corrected chi connectivity index (χ2v) is 5.97. The minimum Gasteiger partial charge on any atom is -0.478 e. The first-order chi connectivity index (χ1) is 9.79. The summed E-state index contributed by atoms with van der Waals surface area (Å²) >= 11 is 5.73. The molecule has 0 saturated heterocycles. The molecule has 0 radical (unpaired) electrons. The number of nitrogens with one attached hydrogen (secondary N) is 1. The molecule has 1 aromatic carbocycles. The van der Waals surface area contributed by atoms with E-state index in [1.165, 1.54) is 6.07 Å². The van der Waals surface area contributed by atoms with Crippen LogP contribution in [0.3, 0.4) is 0 Å². The summed E-state index contributed by atoms with van der Waals surface area (Å²) in [5.74, 6) is -2.22. The Hall–Kier alpha value is -2.19. The predicted octanol–water partition coefficient (Wildman–Crippen LogP) is 2.37. The average Bonchev–Trinajstić information content (AvgIpc) is 2.41. The largest absolute Gasteiger partial charge is 0.478 e. The molecule has 1 heterocycles. The summed E-state index contributed by atoms with van der Waals surface area (Å²) in [5, 5.41) is 8.66. The van der Waals surface area contributed by atoms with Crippen molar-refractivity contribution in [3.8, 4) is 0 Å². The number of hydrogen-bond acceptors (Lipinski definition) is 4. The van der Waals surface area contributed by atoms with Crippen molar-refractivity contribution >= 4 is 33.4 Å². The number of rotatable bonds is 4. The lowest BCUT2D eigenvalue weighted by Gasteiger charge is -2.09. The van der Waals surface area contributed by atoms with Gasteiger partial charge in [-0.1, -0.05) is 11.6 Å². The van der Waals surface area contributed by atoms with Crippen LogP contribution in [0, 0.1) is 5.82 Å². The highest BCUT2D eigenvalue weighted by Crippen LogP contribution is 2.24. The van der Waals surface area contributed by atoms with Crippen LogP contribution in [0.4, 0.5) is 10.2 Å². The first kappa shape index (κ1) is 15.2. The third-order valence-corrected chi connectivity index (χ3v) is 4.26. The number of carboxylic acids is 1. The summed E-state index contributed by atoms with van der Waals surface area (Å²) in [6, 6.07) is 5.12. The van der Waals surface area contributed by atoms with Gasteiger partial charge in [-0.15, -0.1) is 0 Å². The molecule has 0 atom stereocenters. The van der Waals surface area contributed by atoms with E-state index in [1.807, 2.05) is 4.72 Å². The van der Waals surface area contributed by atoms with Crippen molar-refractivity contribution < 1.29 is 22.7 Å². The van der Waals surface area contributed by atoms with Gasteiger partial charge < -0.3 is 5.11 Å². The molecule has 9 heteroatoms. The highest BCUT2D eigenvalue weighted by atomic mass is 35.5. The Bertz CT molecular complexity index is 811. The first-order valence-corrected chi connectivity index (χ1v) is 7.33. The molecule has 2 aromatic rings. The molecular weight excluding hydrogens is 323 g/mol. The average molecular weight is 331 g/mol. The van der Waals surface area contributed by atoms with Crippen LogP contribution in [-0.2, 0) is 10.0 Å². The van der Waals surface area contributed by atoms with Crippen LogP contribution in [-0.4, -0.2) is 24.5 Å². The maximum atomic E-state index is 13.1. The number of pyridine rings is 1. The Labute approximate surface area is 124 Å². The van der Waals surface area contributed by atoms with Gasteiger partial charge in [0.1, 0.15) is 16.5 Å². The summed E-state index contributed by atoms with van der Waals surface area (Å²) in [5.41, 5.74) is -0.145. The van der Waals surface area contributed by atoms with E-state index in [0.29, 0.717) is 0 Å². The van der Waals surface area contributed by atoms with Gasteiger partial charge >= 0.3 is 5.97 Å². The number of aromatic carboxylic acids is 1. The van der Waals surface area contributed by atoms with E-state index in [4.69, 9.17) is 16.7 Å². The van der Waals surface area contributed by atoms with Crippen molar-refractivity contribution in [1.29, 1.82) is 0 Å². The molecular formula is C12H8ClFN2O4S. The molecule has 2 N–H and O–H groups in total. The van der Waals surface area contributed by atoms with E-state index in [0.717, 1.165) is 30.5 Å². The summed E-state index contributed by atoms with van der Waals surface area (Å²) in [6.07, 6.45) is 1.13. The van der Waals surface area contributed by atoms with E-state index in [1.54, 1.807) is 0 Å². The molecule has 0 aliphatic heterocycles. The SMILES string of the molecule is O=C(O)c1ccnc(NS(=O)(=O)c2cc(F)ccc2Cl)c1. The van der Waals surface area contributed by atoms with Gasteiger partial charge in [-0.25, -0.2) is 22.6 Å². The second kappa shape index (κ2) is 5.66. The summed E-state index contributed by atoms with van der Waals surface area (Å²) in [6.45, 7) is 0. The monoisotopic (exact) mass is 330 g/mol. The molecule has 0 amide bonds. The third kappa shape index (κ3) is 3.47. The molecule has 110 valence electrons. The number of benzene rings is 1. The minimum atomic E-state index is -4.19. The molecule has 0 fully saturated rings. The molecule has 0 aliphatic carbocycles. The Balaban J connectivity index is 2.40. The van der Waals surface area contributed by atoms with Crippen LogP contribution in [0.25, 0.3) is 0 Å². The molecule has 0 unspecified atom stereocenters. The van der Waals surface area contributed by atoms with E-state index < -0.39 is 26.7 Å². The number of halogens is 2. The predicted molar refractivity (Wildman–Crippen MR) is 73.4 cm³/mol. The Morgan fingerprint density at radius 1 is 1.29 bits per heavy atom. The Morgan fingerprint density at radius 2 is 2.00 bits per heavy atom. The van der Waals surface area contributed by atoms with Gasteiger partial charge in [0.15, 0.2) is 0 Å². The second-order valence-electron chi connectivity index (χ2n) is 3.92. The molecule has 2 rings (SSSR count). The maximum Gasteiger partial charge on any atom is 0.335 e.